The van der Waals surface area contributed by atoms with Crippen molar-refractivity contribution in [1.82, 2.24) is 23.9 Å². The number of fused-ring (bicyclic) bond motifs is 4. The third-order valence-corrected chi connectivity index (χ3v) is 9.11. The first-order valence-electron chi connectivity index (χ1n) is 12.9. The van der Waals surface area contributed by atoms with Crippen LogP contribution in [-0.4, -0.2) is 58.8 Å². The van der Waals surface area contributed by atoms with E-state index in [0.29, 0.717) is 10.9 Å². The molecular weight excluding hydrogens is 565 g/mol. The van der Waals surface area contributed by atoms with E-state index in [1.165, 1.54) is 16.2 Å². The van der Waals surface area contributed by atoms with Gasteiger partial charge in [-0.25, -0.2) is 9.38 Å². The Bertz CT molecular complexity index is 2000. The summed E-state index contributed by atoms with van der Waals surface area (Å²) in [6.07, 6.45) is -1.87. The second-order valence-electron chi connectivity index (χ2n) is 9.85. The molecule has 6 aromatic rings. The van der Waals surface area contributed by atoms with Crippen molar-refractivity contribution in [3.05, 3.63) is 89.3 Å². The average molecular weight is 588 g/mol. The summed E-state index contributed by atoms with van der Waals surface area (Å²) in [6.45, 7) is 0.0671. The maximum Gasteiger partial charge on any atom is 0.330 e. The number of imidazole rings is 2. The Hall–Kier alpha value is -3.61. The SMILES string of the molecule is O=c1c2nc(Sc3ccc4ccccc4c3)n(C3OC4COP(O)OC4C3O)c2nc2[nH]c(-c3ccccc3)cn12. The molecule has 5 unspecified atom stereocenters. The van der Waals surface area contributed by atoms with E-state index in [1.807, 2.05) is 72.8 Å². The third kappa shape index (κ3) is 4.19. The molecule has 41 heavy (non-hydrogen) atoms. The van der Waals surface area contributed by atoms with E-state index in [4.69, 9.17) is 23.8 Å². The Balaban J connectivity index is 1.30. The van der Waals surface area contributed by atoms with Gasteiger partial charge in [0.2, 0.25) is 5.78 Å². The number of benzene rings is 3. The first-order chi connectivity index (χ1) is 20.0. The average Bonchev–Trinajstić information content (AvgIpc) is 3.67. The number of ether oxygens (including phenoxy) is 1. The van der Waals surface area contributed by atoms with Crippen LogP contribution in [0.4, 0.5) is 0 Å². The molecule has 2 aliphatic heterocycles. The number of hydrogen-bond acceptors (Lipinski definition) is 9. The second-order valence-corrected chi connectivity index (χ2v) is 11.8. The zero-order valence-corrected chi connectivity index (χ0v) is 22.9. The quantitative estimate of drug-likeness (QED) is 0.259. The maximum absolute atomic E-state index is 13.8. The van der Waals surface area contributed by atoms with E-state index in [2.05, 4.69) is 4.98 Å². The molecule has 3 aromatic carbocycles. The first-order valence-corrected chi connectivity index (χ1v) is 14.9. The van der Waals surface area contributed by atoms with Crippen LogP contribution in [0.3, 0.4) is 0 Å². The lowest BCUT2D eigenvalue weighted by Crippen LogP contribution is -2.38. The number of aromatic amines is 1. The van der Waals surface area contributed by atoms with Gasteiger partial charge in [0.1, 0.15) is 18.3 Å². The van der Waals surface area contributed by atoms with Crippen molar-refractivity contribution >= 4 is 48.1 Å². The van der Waals surface area contributed by atoms with Crippen LogP contribution in [0.5, 0.6) is 0 Å². The van der Waals surface area contributed by atoms with Crippen LogP contribution in [0.2, 0.25) is 0 Å². The Morgan fingerprint density at radius 1 is 1.02 bits per heavy atom. The fourth-order valence-electron chi connectivity index (χ4n) is 5.38. The number of aliphatic hydroxyl groups excluding tert-OH is 1. The number of nitrogens with one attached hydrogen (secondary N) is 1. The molecule has 0 bridgehead atoms. The lowest BCUT2D eigenvalue weighted by molar-refractivity contribution is -0.0614. The zero-order chi connectivity index (χ0) is 27.7. The number of aromatic nitrogens is 5. The highest BCUT2D eigenvalue weighted by Crippen LogP contribution is 2.47. The van der Waals surface area contributed by atoms with Gasteiger partial charge in [-0.15, -0.1) is 0 Å². The fourth-order valence-corrected chi connectivity index (χ4v) is 7.14. The molecule has 5 atom stereocenters. The van der Waals surface area contributed by atoms with Gasteiger partial charge in [-0.1, -0.05) is 72.4 Å². The van der Waals surface area contributed by atoms with Crippen molar-refractivity contribution in [3.63, 3.8) is 0 Å². The van der Waals surface area contributed by atoms with E-state index in [1.54, 1.807) is 10.8 Å². The number of aliphatic hydroxyl groups is 1. The molecule has 2 saturated heterocycles. The van der Waals surface area contributed by atoms with Crippen molar-refractivity contribution in [2.45, 2.75) is 34.6 Å². The molecule has 5 heterocycles. The third-order valence-electron chi connectivity index (χ3n) is 7.36. The molecule has 2 aliphatic rings. The van der Waals surface area contributed by atoms with Crippen molar-refractivity contribution < 1.29 is 23.8 Å². The van der Waals surface area contributed by atoms with Gasteiger partial charge in [0, 0.05) is 11.1 Å². The van der Waals surface area contributed by atoms with Crippen LogP contribution >= 0.6 is 20.4 Å². The minimum Gasteiger partial charge on any atom is -0.386 e. The van der Waals surface area contributed by atoms with Gasteiger partial charge < -0.3 is 28.8 Å². The Kier molecular flexibility index (Phi) is 5.97. The lowest BCUT2D eigenvalue weighted by atomic mass is 10.1. The highest BCUT2D eigenvalue weighted by atomic mass is 32.2. The van der Waals surface area contributed by atoms with Gasteiger partial charge in [-0.2, -0.15) is 4.98 Å². The number of nitrogens with zero attached hydrogens (tertiary/aromatic N) is 4. The van der Waals surface area contributed by atoms with Gasteiger partial charge in [0.25, 0.3) is 5.56 Å². The van der Waals surface area contributed by atoms with E-state index in [0.717, 1.165) is 26.9 Å². The van der Waals surface area contributed by atoms with E-state index >= 15 is 0 Å². The summed E-state index contributed by atoms with van der Waals surface area (Å²) in [5.41, 5.74) is 1.67. The lowest BCUT2D eigenvalue weighted by Gasteiger charge is -2.27. The molecule has 8 rings (SSSR count). The van der Waals surface area contributed by atoms with Crippen LogP contribution in [0.25, 0.3) is 39.0 Å². The molecule has 0 spiro atoms. The second kappa shape index (κ2) is 9.74. The number of hydrogen-bond donors (Lipinski definition) is 3. The van der Waals surface area contributed by atoms with Crippen molar-refractivity contribution in [2.75, 3.05) is 6.61 Å². The zero-order valence-electron chi connectivity index (χ0n) is 21.2. The molecule has 206 valence electrons. The predicted octanol–water partition coefficient (Wildman–Crippen LogP) is 4.24. The normalized spacial score (nSPS) is 24.4. The van der Waals surface area contributed by atoms with Crippen LogP contribution in [0.1, 0.15) is 6.23 Å². The predicted molar refractivity (Wildman–Crippen MR) is 152 cm³/mol. The van der Waals surface area contributed by atoms with Gasteiger partial charge in [-0.05, 0) is 28.5 Å². The molecule has 13 heteroatoms. The van der Waals surface area contributed by atoms with Crippen molar-refractivity contribution in [3.8, 4) is 11.3 Å². The van der Waals surface area contributed by atoms with Crippen LogP contribution in [0.15, 0.2) is 93.8 Å². The summed E-state index contributed by atoms with van der Waals surface area (Å²) in [6, 6.07) is 23.7. The van der Waals surface area contributed by atoms with Gasteiger partial charge in [0.15, 0.2) is 22.5 Å². The van der Waals surface area contributed by atoms with Crippen molar-refractivity contribution in [2.24, 2.45) is 0 Å². The highest BCUT2D eigenvalue weighted by molar-refractivity contribution is 7.99. The molecule has 0 saturated carbocycles. The smallest absolute Gasteiger partial charge is 0.330 e. The largest absolute Gasteiger partial charge is 0.386 e. The molecule has 2 fully saturated rings. The number of H-pyrrole nitrogens is 1. The van der Waals surface area contributed by atoms with Gasteiger partial charge >= 0.3 is 8.60 Å². The minimum atomic E-state index is -2.12. The van der Waals surface area contributed by atoms with Gasteiger partial charge in [-0.3, -0.25) is 9.36 Å². The number of rotatable bonds is 4. The molecular formula is C28H22N5O6PS. The van der Waals surface area contributed by atoms with Crippen LogP contribution in [0, 0.1) is 0 Å². The van der Waals surface area contributed by atoms with E-state index in [9.17, 15) is 14.8 Å². The summed E-state index contributed by atoms with van der Waals surface area (Å²) in [5, 5.41) is 13.9. The standard InChI is InChI=1S/C28H22N5O6PS/c34-22-23-20(14-37-40(36)39-23)38-26(22)33-24-21(30-28(33)41-18-11-10-15-6-4-5-9-17(15)12-18)25(35)32-13-19(29-27(32)31-24)16-7-2-1-3-8-16/h1-13,20,22-23,26,34,36H,14H2,(H,29,31). The van der Waals surface area contributed by atoms with Crippen molar-refractivity contribution in [1.29, 1.82) is 0 Å². The minimum absolute atomic E-state index is 0.0671. The Morgan fingerprint density at radius 3 is 2.68 bits per heavy atom. The van der Waals surface area contributed by atoms with E-state index in [-0.39, 0.29) is 23.3 Å². The van der Waals surface area contributed by atoms with Crippen LogP contribution in [-0.2, 0) is 13.8 Å². The summed E-state index contributed by atoms with van der Waals surface area (Å²) in [7, 11) is -2.12. The van der Waals surface area contributed by atoms with Gasteiger partial charge in [0.05, 0.1) is 12.3 Å². The molecule has 3 aromatic heterocycles. The fraction of sp³-hybridized carbons (Fsp3) is 0.179. The van der Waals surface area contributed by atoms with Crippen LogP contribution < -0.4 is 5.56 Å². The molecule has 3 N–H and O–H groups in total. The molecule has 0 amide bonds. The molecule has 0 aliphatic carbocycles. The maximum atomic E-state index is 13.8. The first kappa shape index (κ1) is 25.1. The topological polar surface area (TPSA) is 136 Å². The Labute approximate surface area is 237 Å². The summed E-state index contributed by atoms with van der Waals surface area (Å²) in [4.78, 5) is 37.3. The summed E-state index contributed by atoms with van der Waals surface area (Å²) >= 11 is 1.34. The highest BCUT2D eigenvalue weighted by Gasteiger charge is 2.50. The monoisotopic (exact) mass is 587 g/mol. The summed E-state index contributed by atoms with van der Waals surface area (Å²) in [5.74, 6) is 0.327. The molecule has 11 nitrogen and oxygen atoms in total. The van der Waals surface area contributed by atoms with E-state index < -0.39 is 33.1 Å². The molecule has 0 radical (unpaired) electrons. The summed E-state index contributed by atoms with van der Waals surface area (Å²) < 4.78 is 20.0. The Morgan fingerprint density at radius 2 is 1.83 bits per heavy atom.